The average Bonchev–Trinajstić information content (AvgIpc) is 2.61. The lowest BCUT2D eigenvalue weighted by atomic mass is 10.2. The number of carbonyl (C=O) groups is 1. The molecule has 0 unspecified atom stereocenters. The smallest absolute Gasteiger partial charge is 0.271 e. The lowest BCUT2D eigenvalue weighted by Gasteiger charge is -2.04. The van der Waals surface area contributed by atoms with Crippen LogP contribution in [0, 0.1) is 5.82 Å². The third-order valence-corrected chi connectivity index (χ3v) is 3.46. The maximum Gasteiger partial charge on any atom is 0.271 e. The average molecular weight is 358 g/mol. The Kier molecular flexibility index (Phi) is 4.27. The molecule has 0 aliphatic heterocycles. The number of benzene rings is 2. The van der Waals surface area contributed by atoms with Crippen LogP contribution in [0.15, 0.2) is 50.9 Å². The van der Waals surface area contributed by atoms with Gasteiger partial charge in [0.1, 0.15) is 17.7 Å². The maximum atomic E-state index is 13.3. The second kappa shape index (κ2) is 6.55. The van der Waals surface area contributed by atoms with Gasteiger partial charge in [0.25, 0.3) is 5.91 Å². The van der Waals surface area contributed by atoms with Crippen LogP contribution < -0.4 is 10.9 Å². The highest BCUT2D eigenvalue weighted by molar-refractivity contribution is 5.96. The van der Waals surface area contributed by atoms with Crippen molar-refractivity contribution < 1.29 is 28.9 Å². The molecular formula is C17H11FN2O6. The van der Waals surface area contributed by atoms with Gasteiger partial charge in [0.15, 0.2) is 17.2 Å². The summed E-state index contributed by atoms with van der Waals surface area (Å²) in [5.41, 5.74) is 1.54. The number of hydrogen-bond donors (Lipinski definition) is 4. The van der Waals surface area contributed by atoms with Crippen LogP contribution in [0.5, 0.6) is 17.2 Å². The second-order valence-electron chi connectivity index (χ2n) is 5.22. The number of aromatic hydroxyl groups is 3. The Hall–Kier alpha value is -3.88. The highest BCUT2D eigenvalue weighted by Gasteiger charge is 2.13. The monoisotopic (exact) mass is 358 g/mol. The molecule has 1 heterocycles. The number of amides is 1. The highest BCUT2D eigenvalue weighted by atomic mass is 19.1. The SMILES string of the molecule is O=C(N/N=C\c1coc2ccc(F)cc2c1=O)c1cc(O)c(O)c(O)c1. The zero-order chi connectivity index (χ0) is 18.8. The Morgan fingerprint density at radius 1 is 1.15 bits per heavy atom. The first kappa shape index (κ1) is 17.0. The first-order valence-corrected chi connectivity index (χ1v) is 7.16. The van der Waals surface area contributed by atoms with Crippen LogP contribution in [0.3, 0.4) is 0 Å². The van der Waals surface area contributed by atoms with Crippen LogP contribution >= 0.6 is 0 Å². The molecule has 3 rings (SSSR count). The molecule has 8 nitrogen and oxygen atoms in total. The summed E-state index contributed by atoms with van der Waals surface area (Å²) in [5, 5.41) is 31.6. The summed E-state index contributed by atoms with van der Waals surface area (Å²) < 4.78 is 18.5. The van der Waals surface area contributed by atoms with E-state index in [4.69, 9.17) is 4.42 Å². The number of nitrogens with one attached hydrogen (secondary N) is 1. The molecule has 4 N–H and O–H groups in total. The lowest BCUT2D eigenvalue weighted by molar-refractivity contribution is 0.0954. The molecule has 132 valence electrons. The molecule has 1 amide bonds. The van der Waals surface area contributed by atoms with Gasteiger partial charge in [-0.05, 0) is 30.3 Å². The molecular weight excluding hydrogens is 347 g/mol. The van der Waals surface area contributed by atoms with E-state index in [9.17, 15) is 29.3 Å². The summed E-state index contributed by atoms with van der Waals surface area (Å²) in [5.74, 6) is -3.54. The van der Waals surface area contributed by atoms with Crippen molar-refractivity contribution in [2.75, 3.05) is 0 Å². The summed E-state index contributed by atoms with van der Waals surface area (Å²) >= 11 is 0. The Bertz CT molecular complexity index is 1080. The van der Waals surface area contributed by atoms with Crippen LogP contribution in [0.4, 0.5) is 4.39 Å². The highest BCUT2D eigenvalue weighted by Crippen LogP contribution is 2.35. The Balaban J connectivity index is 1.83. The first-order valence-electron chi connectivity index (χ1n) is 7.16. The summed E-state index contributed by atoms with van der Waals surface area (Å²) in [4.78, 5) is 24.1. The molecule has 26 heavy (non-hydrogen) atoms. The van der Waals surface area contributed by atoms with Crippen molar-refractivity contribution >= 4 is 23.1 Å². The molecule has 0 saturated heterocycles. The van der Waals surface area contributed by atoms with Gasteiger partial charge in [0.05, 0.1) is 17.2 Å². The molecule has 0 radical (unpaired) electrons. The van der Waals surface area contributed by atoms with Gasteiger partial charge >= 0.3 is 0 Å². The van der Waals surface area contributed by atoms with Crippen LogP contribution in [-0.4, -0.2) is 27.4 Å². The Morgan fingerprint density at radius 3 is 2.54 bits per heavy atom. The van der Waals surface area contributed by atoms with E-state index >= 15 is 0 Å². The summed E-state index contributed by atoms with van der Waals surface area (Å²) in [7, 11) is 0. The number of phenolic OH excluding ortho intramolecular Hbond substituents is 3. The number of hydrazone groups is 1. The van der Waals surface area contributed by atoms with E-state index < -0.39 is 34.4 Å². The van der Waals surface area contributed by atoms with Gasteiger partial charge in [-0.3, -0.25) is 9.59 Å². The van der Waals surface area contributed by atoms with Gasteiger partial charge in [-0.15, -0.1) is 0 Å². The minimum absolute atomic E-state index is 0.0219. The molecule has 0 aliphatic carbocycles. The maximum absolute atomic E-state index is 13.3. The molecule has 0 bridgehead atoms. The fraction of sp³-hybridized carbons (Fsp3) is 0. The van der Waals surface area contributed by atoms with Crippen molar-refractivity contribution in [2.45, 2.75) is 0 Å². The van der Waals surface area contributed by atoms with E-state index in [0.29, 0.717) is 0 Å². The molecule has 0 atom stereocenters. The number of phenols is 3. The Labute approximate surface area is 144 Å². The van der Waals surface area contributed by atoms with E-state index in [0.717, 1.165) is 36.7 Å². The molecule has 0 saturated carbocycles. The van der Waals surface area contributed by atoms with E-state index in [1.54, 1.807) is 0 Å². The number of carbonyl (C=O) groups excluding carboxylic acids is 1. The fourth-order valence-corrected chi connectivity index (χ4v) is 2.17. The predicted octanol–water partition coefficient (Wildman–Crippen LogP) is 1.81. The quantitative estimate of drug-likeness (QED) is 0.321. The van der Waals surface area contributed by atoms with E-state index in [1.165, 1.54) is 6.07 Å². The van der Waals surface area contributed by atoms with E-state index in [2.05, 4.69) is 10.5 Å². The van der Waals surface area contributed by atoms with Gasteiger partial charge in [0.2, 0.25) is 5.43 Å². The lowest BCUT2D eigenvalue weighted by Crippen LogP contribution is -2.18. The van der Waals surface area contributed by atoms with Crippen LogP contribution in [0.1, 0.15) is 15.9 Å². The van der Waals surface area contributed by atoms with Crippen molar-refractivity contribution in [3.8, 4) is 17.2 Å². The number of rotatable bonds is 3. The summed E-state index contributed by atoms with van der Waals surface area (Å²) in [6.45, 7) is 0. The van der Waals surface area contributed by atoms with Crippen molar-refractivity contribution in [3.63, 3.8) is 0 Å². The van der Waals surface area contributed by atoms with Gasteiger partial charge in [-0.1, -0.05) is 0 Å². The molecule has 1 aromatic heterocycles. The number of fused-ring (bicyclic) bond motifs is 1. The van der Waals surface area contributed by atoms with Gasteiger partial charge < -0.3 is 19.7 Å². The zero-order valence-electron chi connectivity index (χ0n) is 12.9. The molecule has 2 aromatic carbocycles. The molecule has 0 spiro atoms. The van der Waals surface area contributed by atoms with Crippen molar-refractivity contribution in [2.24, 2.45) is 5.10 Å². The van der Waals surface area contributed by atoms with Gasteiger partial charge in [0, 0.05) is 5.56 Å². The van der Waals surface area contributed by atoms with Crippen LogP contribution in [0.25, 0.3) is 11.0 Å². The fourth-order valence-electron chi connectivity index (χ4n) is 2.17. The second-order valence-corrected chi connectivity index (χ2v) is 5.22. The van der Waals surface area contributed by atoms with Gasteiger partial charge in [-0.25, -0.2) is 9.82 Å². The van der Waals surface area contributed by atoms with Crippen molar-refractivity contribution in [1.82, 2.24) is 5.43 Å². The van der Waals surface area contributed by atoms with E-state index in [-0.39, 0.29) is 22.1 Å². The van der Waals surface area contributed by atoms with Crippen molar-refractivity contribution in [1.29, 1.82) is 0 Å². The number of nitrogens with zero attached hydrogens (tertiary/aromatic N) is 1. The van der Waals surface area contributed by atoms with Crippen LogP contribution in [-0.2, 0) is 0 Å². The molecule has 0 fully saturated rings. The third kappa shape index (κ3) is 3.18. The zero-order valence-corrected chi connectivity index (χ0v) is 12.9. The minimum Gasteiger partial charge on any atom is -0.504 e. The first-order chi connectivity index (χ1) is 12.4. The van der Waals surface area contributed by atoms with Crippen molar-refractivity contribution in [3.05, 3.63) is 63.8 Å². The summed E-state index contributed by atoms with van der Waals surface area (Å²) in [6, 6.07) is 5.35. The number of halogens is 1. The normalized spacial score (nSPS) is 11.1. The number of hydrogen-bond acceptors (Lipinski definition) is 7. The topological polar surface area (TPSA) is 132 Å². The molecule has 3 aromatic rings. The van der Waals surface area contributed by atoms with Gasteiger partial charge in [-0.2, -0.15) is 5.10 Å². The predicted molar refractivity (Wildman–Crippen MR) is 88.9 cm³/mol. The molecule has 9 heteroatoms. The largest absolute Gasteiger partial charge is 0.504 e. The standard InChI is InChI=1S/C17H11FN2O6/c18-10-1-2-14-11(5-10)15(23)9(7-26-14)6-19-20-17(25)8-3-12(21)16(24)13(22)4-8/h1-7,21-22,24H,(H,20,25)/b19-6-. The Morgan fingerprint density at radius 2 is 1.85 bits per heavy atom. The van der Waals surface area contributed by atoms with Crippen LogP contribution in [0.2, 0.25) is 0 Å². The minimum atomic E-state index is -0.817. The summed E-state index contributed by atoms with van der Waals surface area (Å²) in [6.07, 6.45) is 2.12. The molecule has 0 aliphatic rings. The third-order valence-electron chi connectivity index (χ3n) is 3.46. The van der Waals surface area contributed by atoms with E-state index in [1.807, 2.05) is 0 Å².